The molecule has 0 unspecified atom stereocenters. The van der Waals surface area contributed by atoms with Crippen molar-refractivity contribution in [2.24, 2.45) is 0 Å². The molecule has 0 aliphatic heterocycles. The first kappa shape index (κ1) is 7.58. The molecule has 0 radical (unpaired) electrons. The quantitative estimate of drug-likeness (QED) is 0.490. The summed E-state index contributed by atoms with van der Waals surface area (Å²) in [5.74, 6) is 0. The Morgan fingerprint density at radius 3 is 2.40 bits per heavy atom. The van der Waals surface area contributed by atoms with E-state index in [1.807, 2.05) is 0 Å². The van der Waals surface area contributed by atoms with Gasteiger partial charge in [-0.05, 0) is 0 Å². The molecule has 0 aromatic carbocycles. The minimum Gasteiger partial charge on any atom is -0.388 e. The molecule has 3 nitrogen and oxygen atoms in total. The van der Waals surface area contributed by atoms with E-state index in [4.69, 9.17) is 4.55 Å². The zero-order valence-corrected chi connectivity index (χ0v) is 6.80. The molecule has 0 fully saturated rings. The van der Waals surface area contributed by atoms with E-state index in [1.165, 1.54) is 6.07 Å². The molecule has 1 heterocycles. The predicted octanol–water partition coefficient (Wildman–Crippen LogP) is 0.271. The highest BCUT2D eigenvalue weighted by atomic mass is 32.2. The lowest BCUT2D eigenvalue weighted by Crippen LogP contribution is -2.00. The summed E-state index contributed by atoms with van der Waals surface area (Å²) >= 11 is 0. The highest BCUT2D eigenvalue weighted by Crippen LogP contribution is 2.00. The lowest BCUT2D eigenvalue weighted by Gasteiger charge is -2.04. The molecule has 0 aliphatic carbocycles. The van der Waals surface area contributed by atoms with E-state index in [1.54, 1.807) is 17.8 Å². The summed E-state index contributed by atoms with van der Waals surface area (Å²) in [5, 5.41) is 0. The van der Waals surface area contributed by atoms with Crippen molar-refractivity contribution in [3.63, 3.8) is 0 Å². The van der Waals surface area contributed by atoms with E-state index in [0.717, 1.165) is 0 Å². The maximum absolute atomic E-state index is 10.4. The van der Waals surface area contributed by atoms with Crippen LogP contribution in [0, 0.1) is 0 Å². The highest BCUT2D eigenvalue weighted by molar-refractivity contribution is 7.86. The third-order valence-electron chi connectivity index (χ3n) is 0.958. The summed E-state index contributed by atoms with van der Waals surface area (Å²) in [6, 6.07) is 4.72. The van der Waals surface area contributed by atoms with Gasteiger partial charge in [0, 0.05) is 0 Å². The molecular weight excluding hydrogens is 168 g/mol. The van der Waals surface area contributed by atoms with Gasteiger partial charge in [-0.15, -0.1) is 10.6 Å². The van der Waals surface area contributed by atoms with Crippen molar-refractivity contribution in [3.8, 4) is 0 Å². The van der Waals surface area contributed by atoms with Crippen LogP contribution in [0.3, 0.4) is 0 Å². The summed E-state index contributed by atoms with van der Waals surface area (Å²) in [4.78, 5) is 0. The van der Waals surface area contributed by atoms with Crippen molar-refractivity contribution in [1.29, 1.82) is 0 Å². The van der Waals surface area contributed by atoms with Gasteiger partial charge >= 0.3 is 0 Å². The van der Waals surface area contributed by atoms with Crippen molar-refractivity contribution in [2.75, 3.05) is 0 Å². The Kier molecular flexibility index (Phi) is 1.98. The molecule has 0 aliphatic rings. The number of hydrogen-bond donors (Lipinski definition) is 1. The standard InChI is InChI=1S/C5H5O3SSi/c6-9(7,8)5-3-1-2-4-10-5/h1-4H,(H,6,7,8)/q-1. The zero-order chi connectivity index (χ0) is 7.61. The molecule has 1 aromatic heterocycles. The van der Waals surface area contributed by atoms with Crippen LogP contribution in [0.2, 0.25) is 0 Å². The third kappa shape index (κ3) is 1.73. The summed E-state index contributed by atoms with van der Waals surface area (Å²) < 4.78 is 29.4. The lowest BCUT2D eigenvalue weighted by atomic mass is 10.6. The van der Waals surface area contributed by atoms with Crippen LogP contribution in [0.15, 0.2) is 28.4 Å². The Balaban J connectivity index is 3.22. The average molecular weight is 173 g/mol. The van der Waals surface area contributed by atoms with Gasteiger partial charge in [0.15, 0.2) is 0 Å². The summed E-state index contributed by atoms with van der Waals surface area (Å²) in [6.07, 6.45) is 0. The Morgan fingerprint density at radius 2 is 2.10 bits per heavy atom. The van der Waals surface area contributed by atoms with E-state index in [-0.39, 0.29) is 13.6 Å². The van der Waals surface area contributed by atoms with Crippen LogP contribution in [0.5, 0.6) is 0 Å². The average Bonchev–Trinajstić information content (AvgIpc) is 1.88. The Hall–Kier alpha value is -0.523. The van der Waals surface area contributed by atoms with E-state index >= 15 is 0 Å². The molecule has 0 spiro atoms. The van der Waals surface area contributed by atoms with Crippen molar-refractivity contribution in [2.45, 2.75) is 4.51 Å². The Labute approximate surface area is 61.2 Å². The first-order valence-corrected chi connectivity index (χ1v) is 5.06. The summed E-state index contributed by atoms with van der Waals surface area (Å²) in [5.41, 5.74) is 1.70. The van der Waals surface area contributed by atoms with Gasteiger partial charge in [0.25, 0.3) is 10.1 Å². The van der Waals surface area contributed by atoms with Crippen molar-refractivity contribution in [3.05, 3.63) is 23.9 Å². The smallest absolute Gasteiger partial charge is 0.256 e. The number of rotatable bonds is 1. The van der Waals surface area contributed by atoms with Gasteiger partial charge in [-0.1, -0.05) is 12.1 Å². The van der Waals surface area contributed by atoms with Gasteiger partial charge in [-0.2, -0.15) is 8.42 Å². The van der Waals surface area contributed by atoms with Gasteiger partial charge in [-0.3, -0.25) is 10.2 Å². The molecule has 1 aromatic rings. The normalized spacial score (nSPS) is 11.3. The molecule has 0 amide bonds. The Bertz CT molecular complexity index is 305. The van der Waals surface area contributed by atoms with Crippen LogP contribution in [0.25, 0.3) is 0 Å². The molecular formula is C5H5O3SSi-. The number of hydrogen-bond acceptors (Lipinski definition) is 2. The second kappa shape index (κ2) is 2.61. The lowest BCUT2D eigenvalue weighted by molar-refractivity contribution is 0.485. The van der Waals surface area contributed by atoms with E-state index in [2.05, 4.69) is 0 Å². The summed E-state index contributed by atoms with van der Waals surface area (Å²) in [6.45, 7) is 0. The van der Waals surface area contributed by atoms with Crippen LogP contribution in [-0.2, 0) is 10.1 Å². The van der Waals surface area contributed by atoms with Gasteiger partial charge in [0.05, 0.1) is 0 Å². The zero-order valence-electron chi connectivity index (χ0n) is 4.98. The van der Waals surface area contributed by atoms with Crippen molar-refractivity contribution >= 4 is 19.2 Å². The van der Waals surface area contributed by atoms with Crippen LogP contribution in [0.1, 0.15) is 0 Å². The molecule has 0 saturated heterocycles. The third-order valence-corrected chi connectivity index (χ3v) is 3.59. The van der Waals surface area contributed by atoms with Crippen LogP contribution in [-0.4, -0.2) is 22.1 Å². The van der Waals surface area contributed by atoms with Gasteiger partial charge in [0.2, 0.25) is 0 Å². The second-order valence-electron chi connectivity index (χ2n) is 1.70. The molecule has 5 heteroatoms. The molecule has 1 N–H and O–H groups in total. The summed E-state index contributed by atoms with van der Waals surface area (Å²) in [7, 11) is -3.88. The van der Waals surface area contributed by atoms with Crippen LogP contribution in [0.4, 0.5) is 0 Å². The monoisotopic (exact) mass is 173 g/mol. The van der Waals surface area contributed by atoms with E-state index in [0.29, 0.717) is 0 Å². The van der Waals surface area contributed by atoms with E-state index < -0.39 is 10.1 Å². The van der Waals surface area contributed by atoms with Crippen LogP contribution >= 0.6 is 0 Å². The van der Waals surface area contributed by atoms with Gasteiger partial charge in [0.1, 0.15) is 0 Å². The van der Waals surface area contributed by atoms with E-state index in [9.17, 15) is 8.42 Å². The minimum absolute atomic E-state index is 0.0556. The Morgan fingerprint density at radius 1 is 1.40 bits per heavy atom. The fourth-order valence-electron chi connectivity index (χ4n) is 0.537. The van der Waals surface area contributed by atoms with Crippen molar-refractivity contribution in [1.82, 2.24) is 0 Å². The fourth-order valence-corrected chi connectivity index (χ4v) is 2.15. The first-order chi connectivity index (χ1) is 4.61. The predicted molar refractivity (Wildman–Crippen MR) is 37.6 cm³/mol. The molecule has 0 atom stereocenters. The molecule has 0 bridgehead atoms. The minimum atomic E-state index is -3.93. The molecule has 54 valence electrons. The second-order valence-corrected chi connectivity index (χ2v) is 4.61. The maximum Gasteiger partial charge on any atom is 0.256 e. The first-order valence-electron chi connectivity index (χ1n) is 2.55. The molecule has 0 saturated carbocycles. The van der Waals surface area contributed by atoms with Crippen molar-refractivity contribution < 1.29 is 13.0 Å². The van der Waals surface area contributed by atoms with Gasteiger partial charge in [-0.25, -0.2) is 0 Å². The SMILES string of the molecule is O=S(=O)(O)c1cccc[si-]1. The topological polar surface area (TPSA) is 54.4 Å². The maximum atomic E-state index is 10.4. The largest absolute Gasteiger partial charge is 0.388 e. The van der Waals surface area contributed by atoms with Crippen LogP contribution < -0.4 is 0 Å². The van der Waals surface area contributed by atoms with Gasteiger partial charge < -0.3 is 9.12 Å². The molecule has 10 heavy (non-hydrogen) atoms. The highest BCUT2D eigenvalue weighted by Gasteiger charge is 1.95. The molecule has 1 rings (SSSR count). The fraction of sp³-hybridized carbons (Fsp3) is 0.